The molecule has 4 nitrogen and oxygen atoms in total. The van der Waals surface area contributed by atoms with Crippen LogP contribution in [0.2, 0.25) is 0 Å². The van der Waals surface area contributed by atoms with Crippen LogP contribution in [0.3, 0.4) is 0 Å². The van der Waals surface area contributed by atoms with E-state index in [0.717, 1.165) is 37.4 Å². The van der Waals surface area contributed by atoms with E-state index in [-0.39, 0.29) is 0 Å². The van der Waals surface area contributed by atoms with Gasteiger partial charge < -0.3 is 10.3 Å². The molecule has 2 aromatic carbocycles. The highest BCUT2D eigenvalue weighted by atomic mass is 16.5. The average Bonchev–Trinajstić information content (AvgIpc) is 3.12. The van der Waals surface area contributed by atoms with Crippen molar-refractivity contribution in [2.45, 2.75) is 32.0 Å². The van der Waals surface area contributed by atoms with Gasteiger partial charge in [0.1, 0.15) is 0 Å². The van der Waals surface area contributed by atoms with E-state index in [2.05, 4.69) is 64.7 Å². The second-order valence-electron chi connectivity index (χ2n) is 6.61. The number of nitrogens with zero attached hydrogens (tertiary/aromatic N) is 2. The van der Waals surface area contributed by atoms with Gasteiger partial charge in [-0.1, -0.05) is 59.8 Å². The fourth-order valence-corrected chi connectivity index (χ4v) is 3.70. The first-order valence-corrected chi connectivity index (χ1v) is 8.84. The van der Waals surface area contributed by atoms with Crippen molar-refractivity contribution in [1.29, 1.82) is 0 Å². The molecule has 0 radical (unpaired) electrons. The first-order valence-electron chi connectivity index (χ1n) is 8.84. The van der Waals surface area contributed by atoms with Crippen molar-refractivity contribution in [1.82, 2.24) is 10.1 Å². The van der Waals surface area contributed by atoms with Crippen molar-refractivity contribution in [2.75, 3.05) is 6.54 Å². The van der Waals surface area contributed by atoms with Gasteiger partial charge in [0.25, 0.3) is 0 Å². The van der Waals surface area contributed by atoms with E-state index in [9.17, 15) is 0 Å². The van der Waals surface area contributed by atoms with Crippen LogP contribution in [0.5, 0.6) is 0 Å². The monoisotopic (exact) mass is 333 g/mol. The van der Waals surface area contributed by atoms with Crippen LogP contribution in [0.1, 0.15) is 34.2 Å². The van der Waals surface area contributed by atoms with Crippen LogP contribution in [0.4, 0.5) is 0 Å². The Morgan fingerprint density at radius 2 is 1.88 bits per heavy atom. The molecule has 1 atom stereocenters. The minimum Gasteiger partial charge on any atom is -0.360 e. The second-order valence-corrected chi connectivity index (χ2v) is 6.61. The number of fused-ring (bicyclic) bond motifs is 1. The lowest BCUT2D eigenvalue weighted by Crippen LogP contribution is -2.36. The van der Waals surface area contributed by atoms with E-state index >= 15 is 0 Å². The summed E-state index contributed by atoms with van der Waals surface area (Å²) < 4.78 is 5.28. The molecule has 0 saturated heterocycles. The summed E-state index contributed by atoms with van der Waals surface area (Å²) in [6.45, 7) is 2.21. The molecule has 0 aliphatic carbocycles. The molecule has 25 heavy (non-hydrogen) atoms. The Balaban J connectivity index is 1.62. The quantitative estimate of drug-likeness (QED) is 0.777. The first-order chi connectivity index (χ1) is 12.3. The predicted molar refractivity (Wildman–Crippen MR) is 97.8 cm³/mol. The minimum absolute atomic E-state index is 0.352. The van der Waals surface area contributed by atoms with E-state index in [1.165, 1.54) is 16.7 Å². The van der Waals surface area contributed by atoms with Gasteiger partial charge in [0.15, 0.2) is 5.76 Å². The van der Waals surface area contributed by atoms with Crippen molar-refractivity contribution >= 4 is 0 Å². The molecule has 1 unspecified atom stereocenters. The van der Waals surface area contributed by atoms with Gasteiger partial charge in [-0.05, 0) is 29.5 Å². The Morgan fingerprint density at radius 3 is 2.68 bits per heavy atom. The maximum absolute atomic E-state index is 5.64. The SMILES string of the molecule is NCc1cc(CN2CCc3ccccc3C2Cc2ccccc2)no1. The summed E-state index contributed by atoms with van der Waals surface area (Å²) in [4.78, 5) is 2.51. The molecular weight excluding hydrogens is 310 g/mol. The lowest BCUT2D eigenvalue weighted by Gasteiger charge is -2.37. The van der Waals surface area contributed by atoms with E-state index in [4.69, 9.17) is 10.3 Å². The Kier molecular flexibility index (Phi) is 4.63. The summed E-state index contributed by atoms with van der Waals surface area (Å²) in [5.41, 5.74) is 10.8. The van der Waals surface area contributed by atoms with Crippen LogP contribution in [0.25, 0.3) is 0 Å². The molecule has 0 fully saturated rings. The molecule has 1 aromatic heterocycles. The van der Waals surface area contributed by atoms with Crippen molar-refractivity contribution in [3.63, 3.8) is 0 Å². The molecule has 4 heteroatoms. The third kappa shape index (κ3) is 3.50. The summed E-state index contributed by atoms with van der Waals surface area (Å²) in [7, 11) is 0. The summed E-state index contributed by atoms with van der Waals surface area (Å²) >= 11 is 0. The highest BCUT2D eigenvalue weighted by Gasteiger charge is 2.28. The lowest BCUT2D eigenvalue weighted by atomic mass is 9.88. The van der Waals surface area contributed by atoms with Crippen molar-refractivity contribution < 1.29 is 4.52 Å². The molecule has 1 aliphatic heterocycles. The molecule has 3 aromatic rings. The van der Waals surface area contributed by atoms with E-state index < -0.39 is 0 Å². The molecule has 2 N–H and O–H groups in total. The first kappa shape index (κ1) is 16.1. The van der Waals surface area contributed by atoms with Gasteiger partial charge in [0, 0.05) is 25.2 Å². The van der Waals surface area contributed by atoms with Crippen molar-refractivity contribution in [3.8, 4) is 0 Å². The van der Waals surface area contributed by atoms with E-state index in [0.29, 0.717) is 12.6 Å². The number of benzene rings is 2. The molecule has 0 bridgehead atoms. The summed E-state index contributed by atoms with van der Waals surface area (Å²) in [5.74, 6) is 0.743. The predicted octanol–water partition coefficient (Wildman–Crippen LogP) is 3.48. The highest BCUT2D eigenvalue weighted by molar-refractivity contribution is 5.34. The topological polar surface area (TPSA) is 55.3 Å². The number of rotatable bonds is 5. The molecule has 0 spiro atoms. The van der Waals surface area contributed by atoms with Crippen LogP contribution >= 0.6 is 0 Å². The maximum atomic E-state index is 5.64. The van der Waals surface area contributed by atoms with Crippen LogP contribution < -0.4 is 5.73 Å². The zero-order valence-corrected chi connectivity index (χ0v) is 14.3. The van der Waals surface area contributed by atoms with E-state index in [1.54, 1.807) is 0 Å². The number of nitrogens with two attached hydrogens (primary N) is 1. The number of hydrogen-bond donors (Lipinski definition) is 1. The molecule has 4 rings (SSSR count). The lowest BCUT2D eigenvalue weighted by molar-refractivity contribution is 0.170. The summed E-state index contributed by atoms with van der Waals surface area (Å²) in [5, 5.41) is 4.18. The largest absolute Gasteiger partial charge is 0.360 e. The fraction of sp³-hybridized carbons (Fsp3) is 0.286. The Labute approximate surface area is 148 Å². The Morgan fingerprint density at radius 1 is 1.08 bits per heavy atom. The maximum Gasteiger partial charge on any atom is 0.150 e. The third-order valence-corrected chi connectivity index (χ3v) is 4.97. The third-order valence-electron chi connectivity index (χ3n) is 4.97. The smallest absolute Gasteiger partial charge is 0.150 e. The normalized spacial score (nSPS) is 17.4. The molecule has 2 heterocycles. The Bertz CT molecular complexity index is 828. The van der Waals surface area contributed by atoms with Crippen LogP contribution in [0.15, 0.2) is 65.2 Å². The number of hydrogen-bond acceptors (Lipinski definition) is 4. The zero-order chi connectivity index (χ0) is 17.1. The molecule has 0 amide bonds. The van der Waals surface area contributed by atoms with Gasteiger partial charge in [-0.3, -0.25) is 4.90 Å². The zero-order valence-electron chi connectivity index (χ0n) is 14.3. The van der Waals surface area contributed by atoms with Crippen LogP contribution in [0, 0.1) is 0 Å². The molecule has 1 aliphatic rings. The van der Waals surface area contributed by atoms with Crippen LogP contribution in [-0.4, -0.2) is 16.6 Å². The second kappa shape index (κ2) is 7.21. The standard InChI is InChI=1S/C21H23N3O/c22-14-19-13-18(23-25-19)15-24-11-10-17-8-4-5-9-20(17)21(24)12-16-6-2-1-3-7-16/h1-9,13,21H,10-12,14-15,22H2. The molecule has 0 saturated carbocycles. The van der Waals surface area contributed by atoms with Gasteiger partial charge in [-0.2, -0.15) is 0 Å². The highest BCUT2D eigenvalue weighted by Crippen LogP contribution is 2.33. The van der Waals surface area contributed by atoms with Crippen molar-refractivity contribution in [3.05, 3.63) is 88.8 Å². The van der Waals surface area contributed by atoms with Gasteiger partial charge in [0.2, 0.25) is 0 Å². The minimum atomic E-state index is 0.352. The summed E-state index contributed by atoms with van der Waals surface area (Å²) in [6, 6.07) is 21.8. The van der Waals surface area contributed by atoms with E-state index in [1.807, 2.05) is 6.07 Å². The fourth-order valence-electron chi connectivity index (χ4n) is 3.70. The van der Waals surface area contributed by atoms with Gasteiger partial charge in [-0.25, -0.2) is 0 Å². The van der Waals surface area contributed by atoms with Crippen molar-refractivity contribution in [2.24, 2.45) is 5.73 Å². The average molecular weight is 333 g/mol. The van der Waals surface area contributed by atoms with Gasteiger partial charge >= 0.3 is 0 Å². The van der Waals surface area contributed by atoms with Crippen LogP contribution in [-0.2, 0) is 25.9 Å². The molecular formula is C21H23N3O. The van der Waals surface area contributed by atoms with Gasteiger partial charge in [-0.15, -0.1) is 0 Å². The van der Waals surface area contributed by atoms with Gasteiger partial charge in [0.05, 0.1) is 12.2 Å². The number of aromatic nitrogens is 1. The Hall–Kier alpha value is -2.43. The summed E-state index contributed by atoms with van der Waals surface area (Å²) in [6.07, 6.45) is 2.07. The molecule has 128 valence electrons.